The number of hydrogen-bond donors (Lipinski definition) is 0. The Morgan fingerprint density at radius 2 is 1.92 bits per heavy atom. The molecule has 13 heavy (non-hydrogen) atoms. The van der Waals surface area contributed by atoms with Gasteiger partial charge in [-0.15, -0.1) is 0 Å². The topological polar surface area (TPSA) is 9.23 Å². The van der Waals surface area contributed by atoms with E-state index in [0.717, 1.165) is 12.0 Å². The molecule has 72 valence electrons. The number of hydrogen-bond acceptors (Lipinski definition) is 1. The second kappa shape index (κ2) is 4.73. The number of aryl methyl sites for hydroxylation is 1. The van der Waals surface area contributed by atoms with Gasteiger partial charge in [-0.25, -0.2) is 0 Å². The minimum Gasteiger partial charge on any atom is -0.492 e. The van der Waals surface area contributed by atoms with Crippen LogP contribution in [0.3, 0.4) is 0 Å². The fourth-order valence-electron chi connectivity index (χ4n) is 0.953. The van der Waals surface area contributed by atoms with Crippen molar-refractivity contribution in [2.75, 3.05) is 6.61 Å². The second-order valence-corrected chi connectivity index (χ2v) is 3.69. The van der Waals surface area contributed by atoms with Crippen molar-refractivity contribution >= 4 is 23.2 Å². The molecular formula is C10H12Cl2O. The molecule has 0 bridgehead atoms. The van der Waals surface area contributed by atoms with Crippen LogP contribution in [0, 0.1) is 6.92 Å². The maximum Gasteiger partial charge on any atom is 0.138 e. The molecule has 0 radical (unpaired) electrons. The molecule has 0 saturated carbocycles. The SMILES string of the molecule is CCCOc1cc(C)c(Cl)cc1Cl. The van der Waals surface area contributed by atoms with Crippen LogP contribution in [0.15, 0.2) is 12.1 Å². The van der Waals surface area contributed by atoms with Gasteiger partial charge in [-0.2, -0.15) is 0 Å². The molecule has 1 aromatic rings. The first-order valence-electron chi connectivity index (χ1n) is 4.23. The summed E-state index contributed by atoms with van der Waals surface area (Å²) in [6.07, 6.45) is 0.970. The third-order valence-electron chi connectivity index (χ3n) is 1.67. The molecule has 0 saturated heterocycles. The van der Waals surface area contributed by atoms with Gasteiger partial charge in [0.1, 0.15) is 5.75 Å². The molecule has 0 atom stereocenters. The van der Waals surface area contributed by atoms with Crippen molar-refractivity contribution < 1.29 is 4.74 Å². The van der Waals surface area contributed by atoms with Gasteiger partial charge < -0.3 is 4.74 Å². The highest BCUT2D eigenvalue weighted by Gasteiger charge is 2.04. The summed E-state index contributed by atoms with van der Waals surface area (Å²) >= 11 is 11.8. The summed E-state index contributed by atoms with van der Waals surface area (Å²) in [5, 5.41) is 1.25. The van der Waals surface area contributed by atoms with E-state index in [0.29, 0.717) is 22.4 Å². The van der Waals surface area contributed by atoms with Gasteiger partial charge in [-0.05, 0) is 31.0 Å². The van der Waals surface area contributed by atoms with Crippen molar-refractivity contribution in [3.63, 3.8) is 0 Å². The highest BCUT2D eigenvalue weighted by molar-refractivity contribution is 6.35. The summed E-state index contributed by atoms with van der Waals surface area (Å²) in [5.41, 5.74) is 0.983. The summed E-state index contributed by atoms with van der Waals surface area (Å²) in [6, 6.07) is 3.57. The Balaban J connectivity index is 2.88. The van der Waals surface area contributed by atoms with Gasteiger partial charge in [0.2, 0.25) is 0 Å². The van der Waals surface area contributed by atoms with Crippen molar-refractivity contribution in [1.82, 2.24) is 0 Å². The van der Waals surface area contributed by atoms with Crippen molar-refractivity contribution in [3.8, 4) is 5.75 Å². The van der Waals surface area contributed by atoms with Gasteiger partial charge in [0.25, 0.3) is 0 Å². The van der Waals surface area contributed by atoms with Crippen LogP contribution in [0.1, 0.15) is 18.9 Å². The van der Waals surface area contributed by atoms with Gasteiger partial charge in [-0.1, -0.05) is 30.1 Å². The Bertz CT molecular complexity index is 297. The molecule has 0 aliphatic heterocycles. The lowest BCUT2D eigenvalue weighted by Gasteiger charge is -2.08. The highest BCUT2D eigenvalue weighted by Crippen LogP contribution is 2.30. The molecule has 1 rings (SSSR count). The zero-order chi connectivity index (χ0) is 9.84. The molecule has 0 spiro atoms. The Hall–Kier alpha value is -0.400. The summed E-state index contributed by atoms with van der Waals surface area (Å²) in [6.45, 7) is 4.66. The van der Waals surface area contributed by atoms with Gasteiger partial charge >= 0.3 is 0 Å². The molecule has 0 amide bonds. The van der Waals surface area contributed by atoms with Crippen molar-refractivity contribution in [2.45, 2.75) is 20.3 Å². The highest BCUT2D eigenvalue weighted by atomic mass is 35.5. The lowest BCUT2D eigenvalue weighted by Crippen LogP contribution is -1.96. The normalized spacial score (nSPS) is 10.2. The average molecular weight is 219 g/mol. The third kappa shape index (κ3) is 2.78. The number of ether oxygens (including phenoxy) is 1. The van der Waals surface area contributed by atoms with Crippen LogP contribution >= 0.6 is 23.2 Å². The summed E-state index contributed by atoms with van der Waals surface area (Å²) in [4.78, 5) is 0. The van der Waals surface area contributed by atoms with E-state index >= 15 is 0 Å². The monoisotopic (exact) mass is 218 g/mol. The lowest BCUT2D eigenvalue weighted by molar-refractivity contribution is 0.317. The van der Waals surface area contributed by atoms with E-state index in [-0.39, 0.29) is 0 Å². The van der Waals surface area contributed by atoms with Gasteiger partial charge in [0.15, 0.2) is 0 Å². The van der Waals surface area contributed by atoms with E-state index in [2.05, 4.69) is 6.92 Å². The Labute approximate surface area is 88.6 Å². The van der Waals surface area contributed by atoms with Gasteiger partial charge in [0.05, 0.1) is 11.6 Å². The van der Waals surface area contributed by atoms with Crippen LogP contribution in [-0.4, -0.2) is 6.61 Å². The average Bonchev–Trinajstić information content (AvgIpc) is 2.09. The van der Waals surface area contributed by atoms with Crippen molar-refractivity contribution in [3.05, 3.63) is 27.7 Å². The van der Waals surface area contributed by atoms with E-state index in [1.54, 1.807) is 6.07 Å². The van der Waals surface area contributed by atoms with E-state index in [4.69, 9.17) is 27.9 Å². The van der Waals surface area contributed by atoms with Crippen LogP contribution in [0.2, 0.25) is 10.0 Å². The zero-order valence-corrected chi connectivity index (χ0v) is 9.24. The third-order valence-corrected chi connectivity index (χ3v) is 2.38. The predicted octanol–water partition coefficient (Wildman–Crippen LogP) is 4.09. The summed E-state index contributed by atoms with van der Waals surface area (Å²) in [5.74, 6) is 0.713. The fraction of sp³-hybridized carbons (Fsp3) is 0.400. The van der Waals surface area contributed by atoms with Crippen LogP contribution in [-0.2, 0) is 0 Å². The molecule has 0 N–H and O–H groups in total. The van der Waals surface area contributed by atoms with E-state index < -0.39 is 0 Å². The van der Waals surface area contributed by atoms with Crippen LogP contribution < -0.4 is 4.74 Å². The largest absolute Gasteiger partial charge is 0.492 e. The molecule has 0 unspecified atom stereocenters. The lowest BCUT2D eigenvalue weighted by atomic mass is 10.2. The standard InChI is InChI=1S/C10H12Cl2O/c1-3-4-13-10-5-7(2)8(11)6-9(10)12/h5-6H,3-4H2,1-2H3. The molecule has 0 heterocycles. The minimum absolute atomic E-state index is 0.573. The van der Waals surface area contributed by atoms with Crippen LogP contribution in [0.5, 0.6) is 5.75 Å². The Morgan fingerprint density at radius 3 is 2.54 bits per heavy atom. The van der Waals surface area contributed by atoms with Crippen molar-refractivity contribution in [1.29, 1.82) is 0 Å². The maximum atomic E-state index is 5.93. The van der Waals surface area contributed by atoms with Crippen LogP contribution in [0.25, 0.3) is 0 Å². The van der Waals surface area contributed by atoms with E-state index in [9.17, 15) is 0 Å². The maximum absolute atomic E-state index is 5.93. The van der Waals surface area contributed by atoms with E-state index in [1.165, 1.54) is 0 Å². The summed E-state index contributed by atoms with van der Waals surface area (Å²) in [7, 11) is 0. The predicted molar refractivity (Wildman–Crippen MR) is 57.0 cm³/mol. The Kier molecular flexibility index (Phi) is 3.89. The van der Waals surface area contributed by atoms with E-state index in [1.807, 2.05) is 13.0 Å². The molecule has 1 nitrogen and oxygen atoms in total. The molecule has 0 aliphatic carbocycles. The number of benzene rings is 1. The fourth-order valence-corrected chi connectivity index (χ4v) is 1.39. The Morgan fingerprint density at radius 1 is 1.23 bits per heavy atom. The first kappa shape index (κ1) is 10.7. The molecular weight excluding hydrogens is 207 g/mol. The molecule has 0 aliphatic rings. The number of halogens is 2. The molecule has 3 heteroatoms. The smallest absolute Gasteiger partial charge is 0.138 e. The zero-order valence-electron chi connectivity index (χ0n) is 7.73. The van der Waals surface area contributed by atoms with Gasteiger partial charge in [0, 0.05) is 5.02 Å². The number of rotatable bonds is 3. The first-order valence-corrected chi connectivity index (χ1v) is 4.99. The minimum atomic E-state index is 0.573. The second-order valence-electron chi connectivity index (χ2n) is 2.88. The molecule has 1 aromatic carbocycles. The van der Waals surface area contributed by atoms with Crippen molar-refractivity contribution in [2.24, 2.45) is 0 Å². The van der Waals surface area contributed by atoms with Gasteiger partial charge in [-0.3, -0.25) is 0 Å². The molecule has 0 aromatic heterocycles. The molecule has 0 fully saturated rings. The first-order chi connectivity index (χ1) is 6.15. The summed E-state index contributed by atoms with van der Waals surface area (Å²) < 4.78 is 5.43. The van der Waals surface area contributed by atoms with Crippen LogP contribution in [0.4, 0.5) is 0 Å². The quantitative estimate of drug-likeness (QED) is 0.743.